The molecule has 156 valence electrons. The van der Waals surface area contributed by atoms with Crippen LogP contribution < -0.4 is 0 Å². The molecule has 0 radical (unpaired) electrons. The third-order valence-electron chi connectivity index (χ3n) is 9.60. The lowest BCUT2D eigenvalue weighted by molar-refractivity contribution is -0.229. The molecule has 5 aliphatic rings. The highest BCUT2D eigenvalue weighted by atomic mass is 16.6. The summed E-state index contributed by atoms with van der Waals surface area (Å²) in [6, 6.07) is 0. The van der Waals surface area contributed by atoms with Gasteiger partial charge in [0, 0.05) is 41.9 Å². The molecule has 6 nitrogen and oxygen atoms in total. The maximum Gasteiger partial charge on any atom is 0.302 e. The third kappa shape index (κ3) is 1.97. The molecule has 0 aromatic rings. The van der Waals surface area contributed by atoms with Crippen molar-refractivity contribution in [3.05, 3.63) is 0 Å². The molecule has 1 heterocycles. The van der Waals surface area contributed by atoms with Crippen molar-refractivity contribution in [2.45, 2.75) is 71.7 Å². The van der Waals surface area contributed by atoms with Gasteiger partial charge in [0.1, 0.15) is 12.7 Å². The number of rotatable bonds is 3. The standard InChI is InChI=1S/C22H32O6/c1-11-16-18(28-13(3)24)19(4,10-27-12(2)23)15-8-22(15,16)17-14(9-26-17)20(5,25)21(11)6-7-21/h11,14-18,25H,6-10H2,1-5H3/t11?,14?,15-,16?,17?,18-,19-,20+,22+/m1/s1. The number of fused-ring (bicyclic) bond motifs is 1. The van der Waals surface area contributed by atoms with Crippen LogP contribution in [0.15, 0.2) is 0 Å². The van der Waals surface area contributed by atoms with Gasteiger partial charge in [-0.15, -0.1) is 0 Å². The van der Waals surface area contributed by atoms with E-state index < -0.39 is 11.0 Å². The SMILES string of the molecule is CC(=O)OC[C@@]1(C)[C@H](OC(C)=O)C2C(C)C3(CC3)[C@@](C)(O)C3COC3[C@]23C[C@@H]31. The zero-order valence-electron chi connectivity index (χ0n) is 17.5. The summed E-state index contributed by atoms with van der Waals surface area (Å²) in [7, 11) is 0. The summed E-state index contributed by atoms with van der Waals surface area (Å²) in [5, 5.41) is 11.6. The Kier molecular flexibility index (Phi) is 3.58. The Balaban J connectivity index is 1.61. The normalized spacial score (nSPS) is 54.5. The van der Waals surface area contributed by atoms with Crippen LogP contribution in [0.2, 0.25) is 0 Å². The second-order valence-electron chi connectivity index (χ2n) is 10.7. The molecule has 0 amide bonds. The molecule has 28 heavy (non-hydrogen) atoms. The minimum Gasteiger partial charge on any atom is -0.465 e. The van der Waals surface area contributed by atoms with Crippen LogP contribution in [0, 0.1) is 39.9 Å². The van der Waals surface area contributed by atoms with Crippen LogP contribution in [0.1, 0.15) is 53.9 Å². The van der Waals surface area contributed by atoms with Crippen molar-refractivity contribution in [3.8, 4) is 0 Å². The first-order valence-electron chi connectivity index (χ1n) is 10.7. The second-order valence-corrected chi connectivity index (χ2v) is 10.7. The van der Waals surface area contributed by atoms with Crippen molar-refractivity contribution in [3.63, 3.8) is 0 Å². The lowest BCUT2D eigenvalue weighted by Crippen LogP contribution is -2.59. The van der Waals surface area contributed by atoms with Gasteiger partial charge in [0.05, 0.1) is 18.3 Å². The molecule has 6 heteroatoms. The Morgan fingerprint density at radius 3 is 2.36 bits per heavy atom. The van der Waals surface area contributed by atoms with Gasteiger partial charge in [0.2, 0.25) is 0 Å². The summed E-state index contributed by atoms with van der Waals surface area (Å²) in [5.74, 6) is 0.123. The van der Waals surface area contributed by atoms with Gasteiger partial charge in [-0.2, -0.15) is 0 Å². The highest BCUT2D eigenvalue weighted by Crippen LogP contribution is 2.84. The summed E-state index contributed by atoms with van der Waals surface area (Å²) >= 11 is 0. The van der Waals surface area contributed by atoms with Crippen LogP contribution in [0.4, 0.5) is 0 Å². The van der Waals surface area contributed by atoms with Gasteiger partial charge in [0.25, 0.3) is 0 Å². The van der Waals surface area contributed by atoms with Crippen molar-refractivity contribution >= 4 is 11.9 Å². The minimum atomic E-state index is -0.755. The zero-order valence-corrected chi connectivity index (χ0v) is 17.5. The Morgan fingerprint density at radius 2 is 1.86 bits per heavy atom. The molecule has 9 atom stereocenters. The third-order valence-corrected chi connectivity index (χ3v) is 9.60. The Hall–Kier alpha value is -1.14. The van der Waals surface area contributed by atoms with Crippen molar-refractivity contribution in [1.82, 2.24) is 0 Å². The maximum absolute atomic E-state index is 12.1. The fourth-order valence-corrected chi connectivity index (χ4v) is 8.00. The van der Waals surface area contributed by atoms with Crippen molar-refractivity contribution in [1.29, 1.82) is 0 Å². The molecule has 1 saturated heterocycles. The number of carbonyl (C=O) groups is 2. The molecule has 0 aromatic carbocycles. The molecule has 5 rings (SSSR count). The van der Waals surface area contributed by atoms with E-state index in [2.05, 4.69) is 13.8 Å². The lowest BCUT2D eigenvalue weighted by atomic mass is 9.66. The molecule has 1 aliphatic heterocycles. The van der Waals surface area contributed by atoms with Crippen molar-refractivity contribution < 1.29 is 28.9 Å². The monoisotopic (exact) mass is 392 g/mol. The molecule has 4 aliphatic carbocycles. The van der Waals surface area contributed by atoms with Gasteiger partial charge in [-0.1, -0.05) is 13.8 Å². The maximum atomic E-state index is 12.1. The highest BCUT2D eigenvalue weighted by molar-refractivity contribution is 5.67. The van der Waals surface area contributed by atoms with Crippen LogP contribution >= 0.6 is 0 Å². The molecule has 2 spiro atoms. The number of carbonyl (C=O) groups excluding carboxylic acids is 2. The fraction of sp³-hybridized carbons (Fsp3) is 0.909. The fourth-order valence-electron chi connectivity index (χ4n) is 8.00. The van der Waals surface area contributed by atoms with E-state index in [1.165, 1.54) is 13.8 Å². The molecule has 0 aromatic heterocycles. The molecule has 4 unspecified atom stereocenters. The quantitative estimate of drug-likeness (QED) is 0.743. The smallest absolute Gasteiger partial charge is 0.302 e. The number of esters is 2. The van der Waals surface area contributed by atoms with Crippen molar-refractivity contribution in [2.24, 2.45) is 39.9 Å². The van der Waals surface area contributed by atoms with Gasteiger partial charge >= 0.3 is 11.9 Å². The number of hydrogen-bond donors (Lipinski definition) is 1. The first-order valence-corrected chi connectivity index (χ1v) is 10.7. The summed E-state index contributed by atoms with van der Waals surface area (Å²) in [6.45, 7) is 10.1. The average Bonchev–Trinajstić information content (AvgIpc) is 3.43. The summed E-state index contributed by atoms with van der Waals surface area (Å²) < 4.78 is 17.6. The van der Waals surface area contributed by atoms with E-state index in [0.29, 0.717) is 6.61 Å². The zero-order chi connectivity index (χ0) is 20.3. The van der Waals surface area contributed by atoms with E-state index in [4.69, 9.17) is 14.2 Å². The van der Waals surface area contributed by atoms with Crippen molar-refractivity contribution in [2.75, 3.05) is 13.2 Å². The highest BCUT2D eigenvalue weighted by Gasteiger charge is 2.86. The summed E-state index contributed by atoms with van der Waals surface area (Å²) in [6.07, 6.45) is 2.68. The van der Waals surface area contributed by atoms with Crippen LogP contribution in [-0.2, 0) is 23.8 Å². The Morgan fingerprint density at radius 1 is 1.18 bits per heavy atom. The van der Waals surface area contributed by atoms with E-state index in [-0.39, 0.29) is 65.3 Å². The first kappa shape index (κ1) is 18.9. The lowest BCUT2D eigenvalue weighted by Gasteiger charge is -2.50. The number of aliphatic hydroxyl groups is 1. The summed E-state index contributed by atoms with van der Waals surface area (Å²) in [4.78, 5) is 23.6. The van der Waals surface area contributed by atoms with E-state index in [1.807, 2.05) is 6.92 Å². The largest absolute Gasteiger partial charge is 0.465 e. The van der Waals surface area contributed by atoms with Gasteiger partial charge in [-0.05, 0) is 38.0 Å². The molecular weight excluding hydrogens is 360 g/mol. The first-order chi connectivity index (χ1) is 13.0. The second kappa shape index (κ2) is 5.31. The minimum absolute atomic E-state index is 0.00265. The van der Waals surface area contributed by atoms with Crippen LogP contribution in [0.5, 0.6) is 0 Å². The van der Waals surface area contributed by atoms with E-state index in [0.717, 1.165) is 19.3 Å². The molecule has 0 bridgehead atoms. The Labute approximate surface area is 166 Å². The van der Waals surface area contributed by atoms with Gasteiger partial charge in [-0.3, -0.25) is 9.59 Å². The van der Waals surface area contributed by atoms with Gasteiger partial charge in [-0.25, -0.2) is 0 Å². The predicted octanol–water partition coefficient (Wildman–Crippen LogP) is 2.32. The van der Waals surface area contributed by atoms with E-state index in [1.54, 1.807) is 0 Å². The van der Waals surface area contributed by atoms with Crippen LogP contribution in [-0.4, -0.2) is 48.1 Å². The number of hydrogen-bond acceptors (Lipinski definition) is 6. The topological polar surface area (TPSA) is 82.1 Å². The Bertz CT molecular complexity index is 741. The molecule has 4 saturated carbocycles. The van der Waals surface area contributed by atoms with E-state index >= 15 is 0 Å². The van der Waals surface area contributed by atoms with Crippen LogP contribution in [0.3, 0.4) is 0 Å². The van der Waals surface area contributed by atoms with E-state index in [9.17, 15) is 14.7 Å². The van der Waals surface area contributed by atoms with Crippen LogP contribution in [0.25, 0.3) is 0 Å². The number of ether oxygens (including phenoxy) is 3. The molecule has 1 N–H and O–H groups in total. The molecular formula is C22H32O6. The average molecular weight is 392 g/mol. The summed E-state index contributed by atoms with van der Waals surface area (Å²) in [5.41, 5.74) is -1.40. The molecule has 5 fully saturated rings. The predicted molar refractivity (Wildman–Crippen MR) is 99.0 cm³/mol. The van der Waals surface area contributed by atoms with Gasteiger partial charge < -0.3 is 19.3 Å². The van der Waals surface area contributed by atoms with Gasteiger partial charge in [0.15, 0.2) is 0 Å².